The van der Waals surface area contributed by atoms with Crippen LogP contribution < -0.4 is 5.32 Å². The molecule has 0 atom stereocenters. The first-order valence-electron chi connectivity index (χ1n) is 6.67. The molecule has 1 aromatic heterocycles. The summed E-state index contributed by atoms with van der Waals surface area (Å²) in [6.07, 6.45) is 1.67. The van der Waals surface area contributed by atoms with Gasteiger partial charge in [-0.05, 0) is 26.0 Å². The molecule has 0 saturated heterocycles. The molecular formula is C14H23ClN2O2. The van der Waals surface area contributed by atoms with E-state index in [2.05, 4.69) is 24.1 Å². The molecule has 0 aromatic carbocycles. The van der Waals surface area contributed by atoms with Gasteiger partial charge in [0, 0.05) is 31.0 Å². The molecule has 108 valence electrons. The summed E-state index contributed by atoms with van der Waals surface area (Å²) in [4.78, 5) is 4.00. The molecule has 0 radical (unpaired) electrons. The van der Waals surface area contributed by atoms with Crippen molar-refractivity contribution in [1.29, 1.82) is 0 Å². The fourth-order valence-corrected chi connectivity index (χ4v) is 2.03. The van der Waals surface area contributed by atoms with Crippen LogP contribution in [-0.2, 0) is 15.3 Å². The van der Waals surface area contributed by atoms with Crippen LogP contribution in [0.1, 0.15) is 33.3 Å². The van der Waals surface area contributed by atoms with Gasteiger partial charge in [0.1, 0.15) is 5.15 Å². The van der Waals surface area contributed by atoms with Gasteiger partial charge in [0.15, 0.2) is 0 Å². The summed E-state index contributed by atoms with van der Waals surface area (Å²) in [5.41, 5.74) is 0.879. The zero-order valence-electron chi connectivity index (χ0n) is 12.1. The lowest BCUT2D eigenvalue weighted by molar-refractivity contribution is -0.239. The van der Waals surface area contributed by atoms with Gasteiger partial charge in [-0.3, -0.25) is 0 Å². The average molecular weight is 287 g/mol. The fourth-order valence-electron chi connectivity index (χ4n) is 1.86. The third kappa shape index (κ3) is 4.73. The minimum atomic E-state index is -0.819. The second-order valence-corrected chi connectivity index (χ2v) is 4.91. The van der Waals surface area contributed by atoms with Crippen molar-refractivity contribution >= 4 is 11.6 Å². The van der Waals surface area contributed by atoms with Gasteiger partial charge in [-0.1, -0.05) is 25.4 Å². The van der Waals surface area contributed by atoms with E-state index in [4.69, 9.17) is 21.1 Å². The summed E-state index contributed by atoms with van der Waals surface area (Å²) in [6.45, 7) is 9.74. The Bertz CT molecular complexity index is 379. The predicted molar refractivity (Wildman–Crippen MR) is 77.3 cm³/mol. The van der Waals surface area contributed by atoms with E-state index in [1.165, 1.54) is 0 Å². The number of ether oxygens (including phenoxy) is 2. The molecule has 0 fully saturated rings. The Kier molecular flexibility index (Phi) is 6.72. The van der Waals surface area contributed by atoms with E-state index in [1.807, 2.05) is 19.9 Å². The number of halogens is 1. The number of hydrogen-bond donors (Lipinski definition) is 1. The highest BCUT2D eigenvalue weighted by molar-refractivity contribution is 6.29. The van der Waals surface area contributed by atoms with E-state index >= 15 is 0 Å². The van der Waals surface area contributed by atoms with Gasteiger partial charge >= 0.3 is 0 Å². The van der Waals surface area contributed by atoms with E-state index in [1.54, 1.807) is 12.3 Å². The Balaban J connectivity index is 3.06. The molecule has 0 bridgehead atoms. The summed E-state index contributed by atoms with van der Waals surface area (Å²) < 4.78 is 11.8. The van der Waals surface area contributed by atoms with E-state index in [0.717, 1.165) is 5.56 Å². The van der Waals surface area contributed by atoms with Crippen molar-refractivity contribution in [1.82, 2.24) is 10.3 Å². The molecule has 5 heteroatoms. The highest BCUT2D eigenvalue weighted by Gasteiger charge is 2.34. The first-order chi connectivity index (χ1) is 9.04. The van der Waals surface area contributed by atoms with Crippen LogP contribution in [0.3, 0.4) is 0 Å². The molecule has 0 saturated carbocycles. The number of hydrogen-bond acceptors (Lipinski definition) is 4. The Morgan fingerprint density at radius 2 is 1.95 bits per heavy atom. The molecule has 1 heterocycles. The van der Waals surface area contributed by atoms with Crippen molar-refractivity contribution in [3.05, 3.63) is 29.0 Å². The van der Waals surface area contributed by atoms with Gasteiger partial charge < -0.3 is 14.8 Å². The lowest BCUT2D eigenvalue weighted by Crippen LogP contribution is -2.45. The molecule has 0 unspecified atom stereocenters. The normalized spacial score (nSPS) is 12.1. The van der Waals surface area contributed by atoms with Crippen LogP contribution in [0.2, 0.25) is 5.15 Å². The Morgan fingerprint density at radius 1 is 1.32 bits per heavy atom. The van der Waals surface area contributed by atoms with Crippen LogP contribution in [0.25, 0.3) is 0 Å². The summed E-state index contributed by atoms with van der Waals surface area (Å²) in [7, 11) is 0. The molecular weight excluding hydrogens is 264 g/mol. The molecule has 19 heavy (non-hydrogen) atoms. The molecule has 0 aliphatic rings. The first kappa shape index (κ1) is 16.4. The Morgan fingerprint density at radius 3 is 2.42 bits per heavy atom. The van der Waals surface area contributed by atoms with Gasteiger partial charge in [0.2, 0.25) is 5.79 Å². The fraction of sp³-hybridized carbons (Fsp3) is 0.643. The first-order valence-corrected chi connectivity index (χ1v) is 7.05. The standard InChI is InChI=1S/C14H23ClN2O2/c1-5-18-14(19-6-2,10-17-11(3)4)12-7-8-16-13(15)9-12/h7-9,11,17H,5-6,10H2,1-4H3. The lowest BCUT2D eigenvalue weighted by Gasteiger charge is -2.34. The average Bonchev–Trinajstić information content (AvgIpc) is 2.36. The summed E-state index contributed by atoms with van der Waals surface area (Å²) in [6, 6.07) is 4.01. The zero-order chi connectivity index (χ0) is 14.3. The quantitative estimate of drug-likeness (QED) is 0.589. The smallest absolute Gasteiger partial charge is 0.207 e. The van der Waals surface area contributed by atoms with Gasteiger partial charge in [-0.2, -0.15) is 0 Å². The minimum Gasteiger partial charge on any atom is -0.345 e. The summed E-state index contributed by atoms with van der Waals surface area (Å²) >= 11 is 5.97. The summed E-state index contributed by atoms with van der Waals surface area (Å²) in [5, 5.41) is 3.80. The van der Waals surface area contributed by atoms with Crippen LogP contribution in [-0.4, -0.2) is 30.8 Å². The molecule has 0 amide bonds. The van der Waals surface area contributed by atoms with Crippen LogP contribution in [0.4, 0.5) is 0 Å². The molecule has 1 rings (SSSR count). The molecule has 1 N–H and O–H groups in total. The topological polar surface area (TPSA) is 43.4 Å². The van der Waals surface area contributed by atoms with E-state index < -0.39 is 5.79 Å². The molecule has 0 aliphatic carbocycles. The van der Waals surface area contributed by atoms with Crippen molar-refractivity contribution in [2.45, 2.75) is 39.5 Å². The third-order valence-electron chi connectivity index (χ3n) is 2.66. The Labute approximate surface area is 120 Å². The number of nitrogens with one attached hydrogen (secondary N) is 1. The number of nitrogens with zero attached hydrogens (tertiary/aromatic N) is 1. The van der Waals surface area contributed by atoms with Crippen molar-refractivity contribution < 1.29 is 9.47 Å². The molecule has 4 nitrogen and oxygen atoms in total. The monoisotopic (exact) mass is 286 g/mol. The Hall–Kier alpha value is -0.680. The molecule has 0 aliphatic heterocycles. The van der Waals surface area contributed by atoms with Gasteiger partial charge in [0.05, 0.1) is 6.54 Å². The van der Waals surface area contributed by atoms with Crippen molar-refractivity contribution in [3.8, 4) is 0 Å². The van der Waals surface area contributed by atoms with Crippen molar-refractivity contribution in [3.63, 3.8) is 0 Å². The van der Waals surface area contributed by atoms with Crippen LogP contribution in [0.15, 0.2) is 18.3 Å². The van der Waals surface area contributed by atoms with E-state index in [9.17, 15) is 0 Å². The zero-order valence-corrected chi connectivity index (χ0v) is 12.8. The van der Waals surface area contributed by atoms with Gasteiger partial charge in [-0.25, -0.2) is 4.98 Å². The number of pyridine rings is 1. The third-order valence-corrected chi connectivity index (χ3v) is 2.87. The maximum absolute atomic E-state index is 5.97. The maximum atomic E-state index is 5.97. The highest BCUT2D eigenvalue weighted by atomic mass is 35.5. The minimum absolute atomic E-state index is 0.345. The molecule has 1 aromatic rings. The molecule has 0 spiro atoms. The van der Waals surface area contributed by atoms with Crippen LogP contribution >= 0.6 is 11.6 Å². The predicted octanol–water partition coefficient (Wildman–Crippen LogP) is 2.96. The van der Waals surface area contributed by atoms with Crippen molar-refractivity contribution in [2.75, 3.05) is 19.8 Å². The summed E-state index contributed by atoms with van der Waals surface area (Å²) in [5.74, 6) is -0.819. The van der Waals surface area contributed by atoms with Crippen LogP contribution in [0.5, 0.6) is 0 Å². The largest absolute Gasteiger partial charge is 0.345 e. The van der Waals surface area contributed by atoms with Gasteiger partial charge in [-0.15, -0.1) is 0 Å². The second kappa shape index (κ2) is 7.80. The van der Waals surface area contributed by atoms with Crippen LogP contribution in [0, 0.1) is 0 Å². The van der Waals surface area contributed by atoms with E-state index in [-0.39, 0.29) is 0 Å². The van der Waals surface area contributed by atoms with Crippen molar-refractivity contribution in [2.24, 2.45) is 0 Å². The second-order valence-electron chi connectivity index (χ2n) is 4.52. The SMILES string of the molecule is CCOC(CNC(C)C)(OCC)c1ccnc(Cl)c1. The number of aromatic nitrogens is 1. The van der Waals surface area contributed by atoms with Gasteiger partial charge in [0.25, 0.3) is 0 Å². The number of rotatable bonds is 8. The highest BCUT2D eigenvalue weighted by Crippen LogP contribution is 2.28. The van der Waals surface area contributed by atoms with E-state index in [0.29, 0.717) is 31.0 Å². The lowest BCUT2D eigenvalue weighted by atomic mass is 10.1. The maximum Gasteiger partial charge on any atom is 0.207 e.